The first-order valence-electron chi connectivity index (χ1n) is 4.35. The maximum Gasteiger partial charge on any atom is 1.00 e. The van der Waals surface area contributed by atoms with Gasteiger partial charge in [0.25, 0.3) is 0 Å². The molecule has 1 atom stereocenters. The molecule has 0 saturated carbocycles. The summed E-state index contributed by atoms with van der Waals surface area (Å²) >= 11 is 1.44. The van der Waals surface area contributed by atoms with Crippen LogP contribution in [-0.2, 0) is 15.1 Å². The minimum absolute atomic E-state index is 0. The summed E-state index contributed by atoms with van der Waals surface area (Å²) in [6.45, 7) is 0. The first-order valence-corrected chi connectivity index (χ1v) is 6.75. The van der Waals surface area contributed by atoms with Crippen molar-refractivity contribution in [3.05, 3.63) is 29.8 Å². The number of rotatable bonds is 1. The molecule has 1 heterocycles. The van der Waals surface area contributed by atoms with Crippen molar-refractivity contribution < 1.29 is 47.6 Å². The fourth-order valence-electron chi connectivity index (χ4n) is 1.61. The molecule has 2 rings (SSSR count). The smallest absolute Gasteiger partial charge is 0.745 e. The Morgan fingerprint density at radius 2 is 2.00 bits per heavy atom. The first kappa shape index (κ1) is 14.5. The van der Waals surface area contributed by atoms with Gasteiger partial charge in [0.1, 0.15) is 10.1 Å². The van der Waals surface area contributed by atoms with E-state index in [1.165, 1.54) is 17.8 Å². The topological polar surface area (TPSA) is 77.4 Å². The van der Waals surface area contributed by atoms with Crippen LogP contribution in [0.1, 0.15) is 12.0 Å². The summed E-state index contributed by atoms with van der Waals surface area (Å²) in [6, 6.07) is 6.54. The maximum atomic E-state index is 11.1. The number of aliphatic hydroxyl groups is 1. The molecule has 0 fully saturated rings. The normalized spacial score (nSPS) is 24.4. The van der Waals surface area contributed by atoms with Crippen molar-refractivity contribution in [3.63, 3.8) is 0 Å². The standard InChI is InChI=1S/C9H10O4S2.Na/c10-9(15(11,12)13)5-6-14-8-4-2-1-3-7(8)9;/h1-4,10H,5-6H2,(H,11,12,13);/q;+1/p-1. The van der Waals surface area contributed by atoms with E-state index in [-0.39, 0.29) is 41.5 Å². The van der Waals surface area contributed by atoms with Crippen LogP contribution in [0.3, 0.4) is 0 Å². The number of thioether (sulfide) groups is 1. The third kappa shape index (κ3) is 2.33. The Balaban J connectivity index is 0.00000128. The van der Waals surface area contributed by atoms with Gasteiger partial charge in [-0.05, 0) is 6.07 Å². The van der Waals surface area contributed by atoms with Gasteiger partial charge in [0.05, 0.1) is 0 Å². The van der Waals surface area contributed by atoms with Crippen LogP contribution in [0.25, 0.3) is 0 Å². The summed E-state index contributed by atoms with van der Waals surface area (Å²) < 4.78 is 33.2. The molecule has 1 aliphatic rings. The first-order chi connectivity index (χ1) is 6.95. The van der Waals surface area contributed by atoms with Crippen LogP contribution in [0.2, 0.25) is 0 Å². The number of hydrogen-bond acceptors (Lipinski definition) is 5. The number of fused-ring (bicyclic) bond motifs is 1. The second-order valence-corrected chi connectivity index (χ2v) is 6.05. The summed E-state index contributed by atoms with van der Waals surface area (Å²) in [6.07, 6.45) is -0.0550. The van der Waals surface area contributed by atoms with E-state index in [0.29, 0.717) is 10.6 Å². The SMILES string of the molecule is O=S(=O)([O-])C1(O)CCSc2ccccc21.[Na+]. The second kappa shape index (κ2) is 4.97. The van der Waals surface area contributed by atoms with Crippen LogP contribution in [0.5, 0.6) is 0 Å². The van der Waals surface area contributed by atoms with Gasteiger partial charge in [0.15, 0.2) is 4.93 Å². The predicted octanol–water partition coefficient (Wildman–Crippen LogP) is -2.12. The van der Waals surface area contributed by atoms with Crippen LogP contribution in [0, 0.1) is 0 Å². The van der Waals surface area contributed by atoms with Crippen molar-refractivity contribution in [1.29, 1.82) is 0 Å². The van der Waals surface area contributed by atoms with E-state index < -0.39 is 15.1 Å². The zero-order valence-electron chi connectivity index (χ0n) is 8.71. The number of hydrogen-bond donors (Lipinski definition) is 1. The van der Waals surface area contributed by atoms with E-state index >= 15 is 0 Å². The molecule has 0 saturated heterocycles. The largest absolute Gasteiger partial charge is 1.00 e. The fourth-order valence-corrected chi connectivity index (χ4v) is 3.79. The van der Waals surface area contributed by atoms with E-state index in [4.69, 9.17) is 0 Å². The van der Waals surface area contributed by atoms with Crippen molar-refractivity contribution in [2.75, 3.05) is 5.75 Å². The van der Waals surface area contributed by atoms with E-state index in [0.717, 1.165) is 0 Å². The Morgan fingerprint density at radius 3 is 2.62 bits per heavy atom. The molecule has 0 amide bonds. The zero-order chi connectivity index (χ0) is 11.1. The second-order valence-electron chi connectivity index (χ2n) is 3.33. The fraction of sp³-hybridized carbons (Fsp3) is 0.333. The molecule has 1 aromatic rings. The molecule has 0 spiro atoms. The van der Waals surface area contributed by atoms with Crippen molar-refractivity contribution in [3.8, 4) is 0 Å². The Kier molecular flexibility index (Phi) is 4.51. The zero-order valence-corrected chi connectivity index (χ0v) is 12.3. The summed E-state index contributed by atoms with van der Waals surface area (Å²) in [5, 5.41) is 9.95. The van der Waals surface area contributed by atoms with Gasteiger partial charge in [-0.1, -0.05) is 18.2 Å². The van der Waals surface area contributed by atoms with Crippen molar-refractivity contribution in [2.24, 2.45) is 0 Å². The van der Waals surface area contributed by atoms with Gasteiger partial charge in [-0.25, -0.2) is 8.42 Å². The molecule has 4 nitrogen and oxygen atoms in total. The van der Waals surface area contributed by atoms with Crippen LogP contribution in [0.4, 0.5) is 0 Å². The van der Waals surface area contributed by atoms with Crippen LogP contribution in [-0.4, -0.2) is 23.8 Å². The summed E-state index contributed by atoms with van der Waals surface area (Å²) in [7, 11) is -4.75. The van der Waals surface area contributed by atoms with E-state index in [1.807, 2.05) is 0 Å². The molecular formula is C9H9NaO4S2. The van der Waals surface area contributed by atoms with Gasteiger partial charge in [-0.2, -0.15) is 0 Å². The quantitative estimate of drug-likeness (QED) is 0.465. The van der Waals surface area contributed by atoms with Gasteiger partial charge in [-0.3, -0.25) is 0 Å². The Labute approximate surface area is 120 Å². The molecule has 0 aliphatic carbocycles. The molecule has 7 heteroatoms. The molecule has 82 valence electrons. The minimum atomic E-state index is -4.75. The van der Waals surface area contributed by atoms with Crippen LogP contribution >= 0.6 is 11.8 Å². The van der Waals surface area contributed by atoms with Crippen molar-refractivity contribution in [2.45, 2.75) is 16.2 Å². The van der Waals surface area contributed by atoms with Gasteiger partial charge >= 0.3 is 29.6 Å². The molecular weight excluding hydrogens is 259 g/mol. The summed E-state index contributed by atoms with van der Waals surface area (Å²) in [5.74, 6) is 0.426. The average Bonchev–Trinajstić information content (AvgIpc) is 2.17. The van der Waals surface area contributed by atoms with Gasteiger partial charge in [-0.15, -0.1) is 11.8 Å². The minimum Gasteiger partial charge on any atom is -0.745 e. The molecule has 0 radical (unpaired) electrons. The summed E-state index contributed by atoms with van der Waals surface area (Å²) in [4.78, 5) is -1.60. The van der Waals surface area contributed by atoms with E-state index in [1.54, 1.807) is 18.2 Å². The molecule has 0 bridgehead atoms. The molecule has 1 aromatic carbocycles. The average molecular weight is 268 g/mol. The summed E-state index contributed by atoms with van der Waals surface area (Å²) in [5.41, 5.74) is 0.205. The monoisotopic (exact) mass is 268 g/mol. The van der Waals surface area contributed by atoms with Gasteiger partial charge < -0.3 is 9.66 Å². The van der Waals surface area contributed by atoms with Crippen molar-refractivity contribution in [1.82, 2.24) is 0 Å². The Morgan fingerprint density at radius 1 is 1.38 bits per heavy atom. The maximum absolute atomic E-state index is 11.1. The third-order valence-corrected chi connectivity index (χ3v) is 4.75. The molecule has 0 aromatic heterocycles. The Bertz CT molecular complexity index is 488. The van der Waals surface area contributed by atoms with Crippen LogP contribution in [0.15, 0.2) is 29.2 Å². The van der Waals surface area contributed by atoms with E-state index in [9.17, 15) is 18.1 Å². The van der Waals surface area contributed by atoms with Crippen LogP contribution < -0.4 is 29.6 Å². The number of benzene rings is 1. The van der Waals surface area contributed by atoms with Gasteiger partial charge in [0.2, 0.25) is 0 Å². The Hall–Kier alpha value is 0.440. The molecule has 16 heavy (non-hydrogen) atoms. The van der Waals surface area contributed by atoms with Gasteiger partial charge in [0, 0.05) is 22.6 Å². The van der Waals surface area contributed by atoms with Crippen molar-refractivity contribution >= 4 is 21.9 Å². The predicted molar refractivity (Wildman–Crippen MR) is 55.4 cm³/mol. The molecule has 1 unspecified atom stereocenters. The molecule has 1 aliphatic heterocycles. The van der Waals surface area contributed by atoms with E-state index in [2.05, 4.69) is 0 Å². The third-order valence-electron chi connectivity index (χ3n) is 2.42. The molecule has 1 N–H and O–H groups in total.